The maximum Gasteiger partial charge on any atom is 0.338 e. The first kappa shape index (κ1) is 17.5. The second kappa shape index (κ2) is 7.64. The molecule has 1 aromatic heterocycles. The van der Waals surface area contributed by atoms with Crippen molar-refractivity contribution in [1.82, 2.24) is 4.98 Å². The second-order valence-electron chi connectivity index (χ2n) is 4.53. The number of nitrogens with zero attached hydrogens (tertiary/aromatic N) is 1. The van der Waals surface area contributed by atoms with E-state index in [1.54, 1.807) is 12.1 Å². The molecule has 2 rings (SSSR count). The zero-order valence-corrected chi connectivity index (χ0v) is 14.1. The largest absolute Gasteiger partial charge is 0.449 e. The minimum atomic E-state index is -1.05. The van der Waals surface area contributed by atoms with Gasteiger partial charge in [0.25, 0.3) is 5.91 Å². The molecule has 0 unspecified atom stereocenters. The van der Waals surface area contributed by atoms with E-state index in [4.69, 9.17) is 39.5 Å². The standard InChI is InChI=1S/C15H11Cl3N2O3/c1-8(23-15(22)9-3-2-4-10(16)5-9)14(21)20-13-12(18)6-11(17)7-19-13/h2-8H,1H3,(H,19,20,21)/t8-/m0/s1. The maximum absolute atomic E-state index is 12.0. The van der Waals surface area contributed by atoms with Crippen LogP contribution in [0.3, 0.4) is 0 Å². The summed E-state index contributed by atoms with van der Waals surface area (Å²) in [5, 5.41) is 3.38. The third-order valence-corrected chi connectivity index (χ3v) is 3.49. The van der Waals surface area contributed by atoms with Crippen LogP contribution in [0.2, 0.25) is 15.1 Å². The van der Waals surface area contributed by atoms with Gasteiger partial charge in [0.15, 0.2) is 11.9 Å². The summed E-state index contributed by atoms with van der Waals surface area (Å²) in [5.74, 6) is -1.10. The number of carbonyl (C=O) groups is 2. The van der Waals surface area contributed by atoms with Crippen LogP contribution in [0.4, 0.5) is 5.82 Å². The smallest absolute Gasteiger partial charge is 0.338 e. The van der Waals surface area contributed by atoms with Crippen LogP contribution < -0.4 is 5.32 Å². The molecule has 120 valence electrons. The van der Waals surface area contributed by atoms with Crippen molar-refractivity contribution < 1.29 is 14.3 Å². The molecule has 0 fully saturated rings. The molecule has 0 aliphatic heterocycles. The van der Waals surface area contributed by atoms with Gasteiger partial charge in [-0.15, -0.1) is 0 Å². The molecule has 1 aromatic carbocycles. The number of ether oxygens (including phenoxy) is 1. The minimum absolute atomic E-state index is 0.131. The van der Waals surface area contributed by atoms with Crippen molar-refractivity contribution in [3.63, 3.8) is 0 Å². The summed E-state index contributed by atoms with van der Waals surface area (Å²) < 4.78 is 5.08. The van der Waals surface area contributed by atoms with Crippen LogP contribution in [-0.4, -0.2) is 23.0 Å². The fraction of sp³-hybridized carbons (Fsp3) is 0.133. The summed E-state index contributed by atoms with van der Waals surface area (Å²) in [6.45, 7) is 1.43. The van der Waals surface area contributed by atoms with Gasteiger partial charge < -0.3 is 10.1 Å². The molecule has 0 saturated heterocycles. The van der Waals surface area contributed by atoms with E-state index >= 15 is 0 Å². The van der Waals surface area contributed by atoms with Crippen molar-refractivity contribution in [3.8, 4) is 0 Å². The number of rotatable bonds is 4. The molecule has 1 heterocycles. The number of amides is 1. The van der Waals surface area contributed by atoms with E-state index in [9.17, 15) is 9.59 Å². The van der Waals surface area contributed by atoms with E-state index in [-0.39, 0.29) is 16.4 Å². The molecular weight excluding hydrogens is 363 g/mol. The molecule has 0 aliphatic rings. The number of pyridine rings is 1. The monoisotopic (exact) mass is 372 g/mol. The van der Waals surface area contributed by atoms with Gasteiger partial charge in [0.2, 0.25) is 0 Å². The quantitative estimate of drug-likeness (QED) is 0.815. The third kappa shape index (κ3) is 4.82. The van der Waals surface area contributed by atoms with Gasteiger partial charge in [-0.25, -0.2) is 9.78 Å². The number of anilines is 1. The molecule has 0 spiro atoms. The lowest BCUT2D eigenvalue weighted by atomic mass is 10.2. The molecule has 1 atom stereocenters. The summed E-state index contributed by atoms with van der Waals surface area (Å²) in [7, 11) is 0. The Morgan fingerprint density at radius 1 is 1.17 bits per heavy atom. The lowest BCUT2D eigenvalue weighted by Crippen LogP contribution is -2.30. The van der Waals surface area contributed by atoms with Crippen molar-refractivity contribution in [2.45, 2.75) is 13.0 Å². The zero-order chi connectivity index (χ0) is 17.0. The number of nitrogens with one attached hydrogen (secondary N) is 1. The van der Waals surface area contributed by atoms with Crippen molar-refractivity contribution >= 4 is 52.5 Å². The number of aromatic nitrogens is 1. The number of carbonyl (C=O) groups excluding carboxylic acids is 2. The van der Waals surface area contributed by atoms with Gasteiger partial charge in [-0.3, -0.25) is 4.79 Å². The van der Waals surface area contributed by atoms with E-state index in [1.165, 1.54) is 31.3 Å². The van der Waals surface area contributed by atoms with Crippen molar-refractivity contribution in [2.24, 2.45) is 0 Å². The molecule has 0 aliphatic carbocycles. The Kier molecular flexibility index (Phi) is 5.82. The van der Waals surface area contributed by atoms with Crippen LogP contribution in [0.25, 0.3) is 0 Å². The van der Waals surface area contributed by atoms with Crippen LogP contribution in [0.1, 0.15) is 17.3 Å². The number of esters is 1. The van der Waals surface area contributed by atoms with E-state index in [1.807, 2.05) is 0 Å². The van der Waals surface area contributed by atoms with Crippen molar-refractivity contribution in [1.29, 1.82) is 0 Å². The van der Waals surface area contributed by atoms with Gasteiger partial charge in [-0.2, -0.15) is 0 Å². The summed E-state index contributed by atoms with van der Waals surface area (Å²) in [5.41, 5.74) is 0.250. The van der Waals surface area contributed by atoms with Crippen LogP contribution in [0.5, 0.6) is 0 Å². The van der Waals surface area contributed by atoms with E-state index in [0.29, 0.717) is 10.0 Å². The van der Waals surface area contributed by atoms with Gasteiger partial charge >= 0.3 is 5.97 Å². The Balaban J connectivity index is 2.01. The van der Waals surface area contributed by atoms with E-state index in [2.05, 4.69) is 10.3 Å². The van der Waals surface area contributed by atoms with Crippen LogP contribution in [0.15, 0.2) is 36.5 Å². The molecule has 1 N–H and O–H groups in total. The van der Waals surface area contributed by atoms with Crippen molar-refractivity contribution in [3.05, 3.63) is 57.2 Å². The Labute approximate surface area is 147 Å². The molecule has 0 saturated carbocycles. The van der Waals surface area contributed by atoms with Gasteiger partial charge in [-0.05, 0) is 31.2 Å². The molecular formula is C15H11Cl3N2O3. The second-order valence-corrected chi connectivity index (χ2v) is 5.81. The molecule has 2 aromatic rings. The Morgan fingerprint density at radius 2 is 1.91 bits per heavy atom. The Hall–Kier alpha value is -1.82. The highest BCUT2D eigenvalue weighted by molar-refractivity contribution is 6.36. The average Bonchev–Trinajstić information content (AvgIpc) is 2.49. The predicted octanol–water partition coefficient (Wildman–Crippen LogP) is 4.23. The molecule has 23 heavy (non-hydrogen) atoms. The normalized spacial score (nSPS) is 11.7. The summed E-state index contributed by atoms with van der Waals surface area (Å²) in [4.78, 5) is 27.9. The summed E-state index contributed by atoms with van der Waals surface area (Å²) in [6.07, 6.45) is 0.293. The molecule has 0 radical (unpaired) electrons. The van der Waals surface area contributed by atoms with Crippen LogP contribution >= 0.6 is 34.8 Å². The highest BCUT2D eigenvalue weighted by Crippen LogP contribution is 2.22. The highest BCUT2D eigenvalue weighted by Gasteiger charge is 2.20. The summed E-state index contributed by atoms with van der Waals surface area (Å²) >= 11 is 17.4. The number of hydrogen-bond donors (Lipinski definition) is 1. The van der Waals surface area contributed by atoms with Gasteiger partial charge in [0, 0.05) is 11.2 Å². The third-order valence-electron chi connectivity index (χ3n) is 2.76. The van der Waals surface area contributed by atoms with Crippen LogP contribution in [-0.2, 0) is 9.53 Å². The Morgan fingerprint density at radius 3 is 2.57 bits per heavy atom. The first-order valence-corrected chi connectivity index (χ1v) is 7.58. The molecule has 1 amide bonds. The lowest BCUT2D eigenvalue weighted by molar-refractivity contribution is -0.123. The Bertz CT molecular complexity index is 752. The number of hydrogen-bond acceptors (Lipinski definition) is 4. The fourth-order valence-corrected chi connectivity index (χ4v) is 2.24. The van der Waals surface area contributed by atoms with E-state index in [0.717, 1.165) is 0 Å². The number of benzene rings is 1. The predicted molar refractivity (Wildman–Crippen MR) is 89.2 cm³/mol. The first-order chi connectivity index (χ1) is 10.9. The summed E-state index contributed by atoms with van der Waals surface area (Å²) in [6, 6.07) is 7.67. The lowest BCUT2D eigenvalue weighted by Gasteiger charge is -2.14. The number of halogens is 3. The highest BCUT2D eigenvalue weighted by atomic mass is 35.5. The van der Waals surface area contributed by atoms with Gasteiger partial charge in [0.05, 0.1) is 15.6 Å². The molecule has 8 heteroatoms. The molecule has 0 bridgehead atoms. The van der Waals surface area contributed by atoms with Gasteiger partial charge in [-0.1, -0.05) is 40.9 Å². The zero-order valence-electron chi connectivity index (χ0n) is 11.8. The average molecular weight is 374 g/mol. The fourth-order valence-electron chi connectivity index (χ4n) is 1.62. The first-order valence-electron chi connectivity index (χ1n) is 6.45. The minimum Gasteiger partial charge on any atom is -0.449 e. The van der Waals surface area contributed by atoms with Gasteiger partial charge in [0.1, 0.15) is 0 Å². The SMILES string of the molecule is C[C@H](OC(=O)c1cccc(Cl)c1)C(=O)Nc1ncc(Cl)cc1Cl. The topological polar surface area (TPSA) is 68.3 Å². The maximum atomic E-state index is 12.0. The molecule has 5 nitrogen and oxygen atoms in total. The van der Waals surface area contributed by atoms with Crippen LogP contribution in [0, 0.1) is 0 Å². The van der Waals surface area contributed by atoms with Crippen molar-refractivity contribution in [2.75, 3.05) is 5.32 Å². The van der Waals surface area contributed by atoms with E-state index < -0.39 is 18.0 Å².